The number of ether oxygens (including phenoxy) is 4. The first-order chi connectivity index (χ1) is 17.8. The summed E-state index contributed by atoms with van der Waals surface area (Å²) >= 11 is 0. The van der Waals surface area contributed by atoms with Crippen molar-refractivity contribution in [2.45, 2.75) is 19.6 Å². The third kappa shape index (κ3) is 4.86. The van der Waals surface area contributed by atoms with E-state index in [4.69, 9.17) is 24.0 Å². The second-order valence-corrected chi connectivity index (χ2v) is 8.54. The van der Waals surface area contributed by atoms with E-state index < -0.39 is 6.11 Å². The van der Waals surface area contributed by atoms with Crippen molar-refractivity contribution < 1.29 is 27.7 Å². The Labute approximate surface area is 211 Å². The van der Waals surface area contributed by atoms with Gasteiger partial charge in [0.2, 0.25) is 5.65 Å². The van der Waals surface area contributed by atoms with E-state index in [0.717, 1.165) is 11.3 Å². The number of nitrogens with one attached hydrogen (secondary N) is 1. The Morgan fingerprint density at radius 3 is 2.65 bits per heavy atom. The van der Waals surface area contributed by atoms with Crippen LogP contribution in [-0.4, -0.2) is 60.3 Å². The molecule has 0 fully saturated rings. The maximum Gasteiger partial charge on any atom is 0.394 e. The summed E-state index contributed by atoms with van der Waals surface area (Å²) in [4.78, 5) is 2.02. The third-order valence-corrected chi connectivity index (χ3v) is 5.83. The van der Waals surface area contributed by atoms with Crippen LogP contribution in [0.4, 0.5) is 20.3 Å². The molecule has 0 radical (unpaired) electrons. The van der Waals surface area contributed by atoms with E-state index in [0.29, 0.717) is 66.7 Å². The molecule has 0 unspecified atom stereocenters. The average molecular weight is 513 g/mol. The fraction of sp³-hybridized carbons (Fsp3) is 0.320. The first-order valence-electron chi connectivity index (χ1n) is 11.5. The Kier molecular flexibility index (Phi) is 6.32. The van der Waals surface area contributed by atoms with Crippen LogP contribution < -0.4 is 29.2 Å². The van der Waals surface area contributed by atoms with E-state index in [1.165, 1.54) is 12.1 Å². The summed E-state index contributed by atoms with van der Waals surface area (Å²) in [6.07, 6.45) is -3.32. The van der Waals surface area contributed by atoms with Gasteiger partial charge in [-0.2, -0.15) is 13.3 Å². The second-order valence-electron chi connectivity index (χ2n) is 8.54. The topological polar surface area (TPSA) is 95.3 Å². The van der Waals surface area contributed by atoms with Gasteiger partial charge in [0.1, 0.15) is 18.0 Å². The number of aromatic nitrogens is 4. The molecule has 1 aliphatic heterocycles. The number of methoxy groups -OCH3 is 2. The van der Waals surface area contributed by atoms with Gasteiger partial charge in [0.25, 0.3) is 0 Å². The minimum absolute atomic E-state index is 0.00645. The SMILES string of the molecule is COc1ccc(CNc2nn3c(-c4cccc(OC(C)(F)F)c4)nnc3c3c2OCCN3C)cc1OC. The van der Waals surface area contributed by atoms with Crippen LogP contribution in [0.2, 0.25) is 0 Å². The van der Waals surface area contributed by atoms with Crippen molar-refractivity contribution in [1.82, 2.24) is 19.8 Å². The molecule has 2 aromatic heterocycles. The van der Waals surface area contributed by atoms with Crippen LogP contribution in [0.5, 0.6) is 23.0 Å². The summed E-state index contributed by atoms with van der Waals surface area (Å²) in [5.41, 5.74) is 2.66. The molecule has 0 spiro atoms. The summed E-state index contributed by atoms with van der Waals surface area (Å²) in [5, 5.41) is 16.7. The fourth-order valence-corrected chi connectivity index (χ4v) is 4.14. The summed E-state index contributed by atoms with van der Waals surface area (Å²) in [6, 6.07) is 11.9. The highest BCUT2D eigenvalue weighted by Crippen LogP contribution is 2.40. The van der Waals surface area contributed by atoms with Gasteiger partial charge in [-0.25, -0.2) is 0 Å². The monoisotopic (exact) mass is 512 g/mol. The number of alkyl halides is 2. The minimum atomic E-state index is -3.32. The highest BCUT2D eigenvalue weighted by Gasteiger charge is 2.28. The summed E-state index contributed by atoms with van der Waals surface area (Å²) in [6.45, 7) is 2.24. The van der Waals surface area contributed by atoms with Gasteiger partial charge in [0.05, 0.1) is 20.8 Å². The zero-order valence-electron chi connectivity index (χ0n) is 20.8. The van der Waals surface area contributed by atoms with Crippen molar-refractivity contribution in [2.75, 3.05) is 44.6 Å². The number of anilines is 2. The predicted octanol–water partition coefficient (Wildman–Crippen LogP) is 4.24. The smallest absolute Gasteiger partial charge is 0.394 e. The van der Waals surface area contributed by atoms with Gasteiger partial charge in [-0.1, -0.05) is 18.2 Å². The molecule has 1 aliphatic rings. The van der Waals surface area contributed by atoms with Crippen LogP contribution in [0.25, 0.3) is 17.0 Å². The minimum Gasteiger partial charge on any atom is -0.493 e. The highest BCUT2D eigenvalue weighted by atomic mass is 19.3. The lowest BCUT2D eigenvalue weighted by Crippen LogP contribution is -2.30. The Morgan fingerprint density at radius 1 is 1.08 bits per heavy atom. The third-order valence-electron chi connectivity index (χ3n) is 5.83. The molecule has 2 aromatic carbocycles. The van der Waals surface area contributed by atoms with Gasteiger partial charge in [-0.05, 0) is 29.8 Å². The molecule has 5 rings (SSSR count). The van der Waals surface area contributed by atoms with Crippen molar-refractivity contribution in [3.63, 3.8) is 0 Å². The van der Waals surface area contributed by atoms with E-state index >= 15 is 0 Å². The molecular weight excluding hydrogens is 486 g/mol. The highest BCUT2D eigenvalue weighted by molar-refractivity contribution is 5.83. The lowest BCUT2D eigenvalue weighted by atomic mass is 10.2. The van der Waals surface area contributed by atoms with Gasteiger partial charge in [-0.3, -0.25) is 0 Å². The largest absolute Gasteiger partial charge is 0.493 e. The molecular formula is C25H26F2N6O4. The molecule has 1 N–H and O–H groups in total. The van der Waals surface area contributed by atoms with E-state index in [2.05, 4.69) is 15.5 Å². The molecule has 0 amide bonds. The summed E-state index contributed by atoms with van der Waals surface area (Å²) in [5.74, 6) is 2.67. The van der Waals surface area contributed by atoms with Crippen molar-refractivity contribution >= 4 is 17.2 Å². The Morgan fingerprint density at radius 2 is 1.89 bits per heavy atom. The lowest BCUT2D eigenvalue weighted by Gasteiger charge is -2.29. The number of likely N-dealkylation sites (N-methyl/N-ethyl adjacent to an activating group) is 1. The number of benzene rings is 2. The van der Waals surface area contributed by atoms with Crippen LogP contribution in [0.3, 0.4) is 0 Å². The average Bonchev–Trinajstić information content (AvgIpc) is 3.30. The molecule has 0 aliphatic carbocycles. The van der Waals surface area contributed by atoms with E-state index in [1.54, 1.807) is 30.9 Å². The van der Waals surface area contributed by atoms with Crippen molar-refractivity contribution in [1.29, 1.82) is 0 Å². The van der Waals surface area contributed by atoms with Crippen LogP contribution in [-0.2, 0) is 6.54 Å². The molecule has 194 valence electrons. The molecule has 0 atom stereocenters. The molecule has 4 aromatic rings. The number of rotatable bonds is 8. The van der Waals surface area contributed by atoms with Gasteiger partial charge >= 0.3 is 6.11 Å². The van der Waals surface area contributed by atoms with Crippen molar-refractivity contribution in [3.05, 3.63) is 48.0 Å². The lowest BCUT2D eigenvalue weighted by molar-refractivity contribution is -0.158. The molecule has 0 bridgehead atoms. The first-order valence-corrected chi connectivity index (χ1v) is 11.5. The summed E-state index contributed by atoms with van der Waals surface area (Å²) < 4.78 is 49.9. The quantitative estimate of drug-likeness (QED) is 0.372. The molecule has 3 heterocycles. The maximum atomic E-state index is 13.4. The number of halogens is 2. The van der Waals surface area contributed by atoms with Crippen molar-refractivity contribution in [3.8, 4) is 34.4 Å². The van der Waals surface area contributed by atoms with Crippen LogP contribution in [0.1, 0.15) is 12.5 Å². The predicted molar refractivity (Wildman–Crippen MR) is 133 cm³/mol. The molecule has 0 saturated carbocycles. The summed E-state index contributed by atoms with van der Waals surface area (Å²) in [7, 11) is 5.10. The zero-order chi connectivity index (χ0) is 26.2. The normalized spacial score (nSPS) is 13.2. The fourth-order valence-electron chi connectivity index (χ4n) is 4.14. The standard InChI is InChI=1S/C25H26F2N6O4/c1-25(26,27)37-17-7-5-6-16(13-17)23-29-30-24-20-21(36-11-10-32(20)2)22(31-33(23)24)28-14-15-8-9-18(34-3)19(12-15)35-4/h5-9,12-13H,10-11,14H2,1-4H3,(H,28,31). The first kappa shape index (κ1) is 24.3. The number of fused-ring (bicyclic) bond motifs is 3. The van der Waals surface area contributed by atoms with Gasteiger partial charge in [-0.15, -0.1) is 15.3 Å². The van der Waals surface area contributed by atoms with Gasteiger partial charge in [0.15, 0.2) is 28.9 Å². The second kappa shape index (κ2) is 9.60. The van der Waals surface area contributed by atoms with Crippen molar-refractivity contribution in [2.24, 2.45) is 0 Å². The van der Waals surface area contributed by atoms with E-state index in [9.17, 15) is 8.78 Å². The van der Waals surface area contributed by atoms with E-state index in [-0.39, 0.29) is 5.75 Å². The molecule has 0 saturated heterocycles. The Hall–Kier alpha value is -4.35. The molecule has 10 nitrogen and oxygen atoms in total. The van der Waals surface area contributed by atoms with Gasteiger partial charge < -0.3 is 29.2 Å². The number of nitrogens with zero attached hydrogens (tertiary/aromatic N) is 5. The molecule has 37 heavy (non-hydrogen) atoms. The van der Waals surface area contributed by atoms with E-state index in [1.807, 2.05) is 30.1 Å². The zero-order valence-corrected chi connectivity index (χ0v) is 20.8. The number of hydrogen-bond acceptors (Lipinski definition) is 9. The van der Waals surface area contributed by atoms with Crippen LogP contribution in [0.15, 0.2) is 42.5 Å². The number of hydrogen-bond donors (Lipinski definition) is 1. The molecule has 12 heteroatoms. The van der Waals surface area contributed by atoms with Crippen LogP contribution in [0, 0.1) is 0 Å². The Bertz CT molecular complexity index is 1440. The van der Waals surface area contributed by atoms with Gasteiger partial charge in [0, 0.05) is 26.1 Å². The van der Waals surface area contributed by atoms with Crippen LogP contribution >= 0.6 is 0 Å². The Balaban J connectivity index is 1.55. The maximum absolute atomic E-state index is 13.4.